The van der Waals surface area contributed by atoms with Gasteiger partial charge < -0.3 is 0 Å². The molecule has 0 radical (unpaired) electrons. The number of rotatable bonds is 1. The molecule has 0 aliphatic carbocycles. The fraction of sp³-hybridized carbons (Fsp3) is 0.111. The summed E-state index contributed by atoms with van der Waals surface area (Å²) >= 11 is 16.9. The van der Waals surface area contributed by atoms with E-state index in [9.17, 15) is 0 Å². The van der Waals surface area contributed by atoms with Gasteiger partial charge in [0.05, 0.1) is 0 Å². The molecule has 0 saturated carbocycles. The van der Waals surface area contributed by atoms with Crippen LogP contribution in [0.4, 0.5) is 0 Å². The SMILES string of the molecule is ClCc1cc(Cl)cc2scc(Br)c12. The second-order valence-corrected chi connectivity index (χ2v) is 5.12. The van der Waals surface area contributed by atoms with Gasteiger partial charge in [0.25, 0.3) is 0 Å². The molecule has 0 aliphatic rings. The summed E-state index contributed by atoms with van der Waals surface area (Å²) in [6.45, 7) is 0. The molecule has 0 spiro atoms. The molecule has 0 unspecified atom stereocenters. The molecule has 0 aliphatic heterocycles. The van der Waals surface area contributed by atoms with E-state index in [0.29, 0.717) is 5.88 Å². The van der Waals surface area contributed by atoms with Gasteiger partial charge in [-0.3, -0.25) is 0 Å². The van der Waals surface area contributed by atoms with E-state index in [1.54, 1.807) is 11.3 Å². The highest BCUT2D eigenvalue weighted by Crippen LogP contribution is 2.35. The van der Waals surface area contributed by atoms with E-state index in [1.807, 2.05) is 12.1 Å². The monoisotopic (exact) mass is 294 g/mol. The van der Waals surface area contributed by atoms with Gasteiger partial charge in [-0.1, -0.05) is 11.6 Å². The van der Waals surface area contributed by atoms with Crippen molar-refractivity contribution in [2.75, 3.05) is 0 Å². The van der Waals surface area contributed by atoms with Crippen molar-refractivity contribution >= 4 is 60.6 Å². The van der Waals surface area contributed by atoms with E-state index in [1.165, 1.54) is 10.1 Å². The first kappa shape index (κ1) is 9.78. The highest BCUT2D eigenvalue weighted by molar-refractivity contribution is 9.10. The van der Waals surface area contributed by atoms with Crippen LogP contribution in [0.3, 0.4) is 0 Å². The van der Waals surface area contributed by atoms with Crippen molar-refractivity contribution in [2.24, 2.45) is 0 Å². The van der Waals surface area contributed by atoms with E-state index in [0.717, 1.165) is 15.1 Å². The van der Waals surface area contributed by atoms with Gasteiger partial charge in [0, 0.05) is 30.8 Å². The Kier molecular flexibility index (Phi) is 2.84. The lowest BCUT2D eigenvalue weighted by molar-refractivity contribution is 1.46. The Morgan fingerprint density at radius 1 is 1.38 bits per heavy atom. The smallest absolute Gasteiger partial charge is 0.0481 e. The predicted octanol–water partition coefficient (Wildman–Crippen LogP) is 5.06. The Balaban J connectivity index is 2.85. The van der Waals surface area contributed by atoms with Crippen molar-refractivity contribution in [3.63, 3.8) is 0 Å². The van der Waals surface area contributed by atoms with Gasteiger partial charge in [-0.2, -0.15) is 0 Å². The zero-order valence-corrected chi connectivity index (χ0v) is 10.4. The highest BCUT2D eigenvalue weighted by Gasteiger charge is 2.07. The number of benzene rings is 1. The topological polar surface area (TPSA) is 0 Å². The van der Waals surface area contributed by atoms with E-state index in [4.69, 9.17) is 23.2 Å². The van der Waals surface area contributed by atoms with Crippen LogP contribution in [-0.4, -0.2) is 0 Å². The maximum atomic E-state index is 5.94. The van der Waals surface area contributed by atoms with Crippen LogP contribution in [-0.2, 0) is 5.88 Å². The van der Waals surface area contributed by atoms with Crippen molar-refractivity contribution in [3.05, 3.63) is 32.6 Å². The third-order valence-corrected chi connectivity index (χ3v) is 4.18. The number of hydrogen-bond donors (Lipinski definition) is 0. The predicted molar refractivity (Wildman–Crippen MR) is 64.1 cm³/mol. The van der Waals surface area contributed by atoms with Crippen LogP contribution < -0.4 is 0 Å². The zero-order chi connectivity index (χ0) is 9.42. The number of fused-ring (bicyclic) bond motifs is 1. The Morgan fingerprint density at radius 3 is 2.85 bits per heavy atom. The summed E-state index contributed by atoms with van der Waals surface area (Å²) in [7, 11) is 0. The van der Waals surface area contributed by atoms with Gasteiger partial charge >= 0.3 is 0 Å². The maximum Gasteiger partial charge on any atom is 0.0481 e. The van der Waals surface area contributed by atoms with Gasteiger partial charge in [0.2, 0.25) is 0 Å². The Morgan fingerprint density at radius 2 is 2.15 bits per heavy atom. The summed E-state index contributed by atoms with van der Waals surface area (Å²) in [5, 5.41) is 3.98. The largest absolute Gasteiger partial charge is 0.143 e. The number of hydrogen-bond acceptors (Lipinski definition) is 1. The minimum Gasteiger partial charge on any atom is -0.143 e. The highest BCUT2D eigenvalue weighted by atomic mass is 79.9. The van der Waals surface area contributed by atoms with Crippen LogP contribution in [0.25, 0.3) is 10.1 Å². The van der Waals surface area contributed by atoms with Crippen molar-refractivity contribution in [1.29, 1.82) is 0 Å². The van der Waals surface area contributed by atoms with Gasteiger partial charge in [0.15, 0.2) is 0 Å². The molecule has 0 atom stereocenters. The molecule has 0 amide bonds. The molecule has 0 nitrogen and oxygen atoms in total. The van der Waals surface area contributed by atoms with Gasteiger partial charge in [-0.15, -0.1) is 22.9 Å². The molecule has 2 rings (SSSR count). The third-order valence-electron chi connectivity index (χ3n) is 1.82. The molecule has 0 fully saturated rings. The molecule has 2 aromatic rings. The Bertz CT molecular complexity index is 450. The first-order valence-electron chi connectivity index (χ1n) is 3.63. The third kappa shape index (κ3) is 1.73. The molecule has 13 heavy (non-hydrogen) atoms. The fourth-order valence-electron chi connectivity index (χ4n) is 1.28. The fourth-order valence-corrected chi connectivity index (χ4v) is 3.58. The molecule has 0 saturated heterocycles. The van der Waals surface area contributed by atoms with Crippen LogP contribution in [0.1, 0.15) is 5.56 Å². The lowest BCUT2D eigenvalue weighted by atomic mass is 10.1. The van der Waals surface area contributed by atoms with Gasteiger partial charge in [-0.25, -0.2) is 0 Å². The summed E-state index contributed by atoms with van der Waals surface area (Å²) in [5.74, 6) is 0.492. The average Bonchev–Trinajstić information content (AvgIpc) is 2.46. The number of halogens is 3. The molecule has 1 aromatic heterocycles. The summed E-state index contributed by atoms with van der Waals surface area (Å²) in [6, 6.07) is 3.87. The van der Waals surface area contributed by atoms with Crippen molar-refractivity contribution in [3.8, 4) is 0 Å². The molecule has 4 heteroatoms. The molecule has 0 bridgehead atoms. The maximum absolute atomic E-state index is 5.94. The minimum absolute atomic E-state index is 0.492. The van der Waals surface area contributed by atoms with Gasteiger partial charge in [-0.05, 0) is 33.6 Å². The summed E-state index contributed by atoms with van der Waals surface area (Å²) < 4.78 is 2.27. The molecular formula is C9H5BrCl2S. The second kappa shape index (κ2) is 3.77. The molecule has 1 aromatic carbocycles. The molecular weight excluding hydrogens is 291 g/mol. The first-order chi connectivity index (χ1) is 6.22. The van der Waals surface area contributed by atoms with Crippen molar-refractivity contribution in [1.82, 2.24) is 0 Å². The van der Waals surface area contributed by atoms with Crippen LogP contribution >= 0.6 is 50.5 Å². The summed E-state index contributed by atoms with van der Waals surface area (Å²) in [6.07, 6.45) is 0. The van der Waals surface area contributed by atoms with E-state index >= 15 is 0 Å². The molecule has 1 heterocycles. The lowest BCUT2D eigenvalue weighted by Gasteiger charge is -2.00. The van der Waals surface area contributed by atoms with E-state index < -0.39 is 0 Å². The zero-order valence-electron chi connectivity index (χ0n) is 6.48. The first-order valence-corrected chi connectivity index (χ1v) is 6.22. The molecule has 0 N–H and O–H groups in total. The van der Waals surface area contributed by atoms with Crippen LogP contribution in [0.15, 0.2) is 22.0 Å². The van der Waals surface area contributed by atoms with Crippen LogP contribution in [0.2, 0.25) is 5.02 Å². The minimum atomic E-state index is 0.492. The summed E-state index contributed by atoms with van der Waals surface area (Å²) in [5.41, 5.74) is 1.08. The number of alkyl halides is 1. The number of thiophene rings is 1. The van der Waals surface area contributed by atoms with Crippen LogP contribution in [0, 0.1) is 0 Å². The second-order valence-electron chi connectivity index (χ2n) is 2.66. The van der Waals surface area contributed by atoms with Gasteiger partial charge in [0.1, 0.15) is 0 Å². The van der Waals surface area contributed by atoms with Crippen LogP contribution in [0.5, 0.6) is 0 Å². The van der Waals surface area contributed by atoms with E-state index in [2.05, 4.69) is 21.3 Å². The van der Waals surface area contributed by atoms with Crippen molar-refractivity contribution < 1.29 is 0 Å². The molecule has 68 valence electrons. The summed E-state index contributed by atoms with van der Waals surface area (Å²) in [4.78, 5) is 0. The quantitative estimate of drug-likeness (QED) is 0.645. The normalized spacial score (nSPS) is 11.0. The Hall–Kier alpha value is 0.240. The average molecular weight is 296 g/mol. The Labute approximate surface area is 98.6 Å². The standard InChI is InChI=1S/C9H5BrCl2S/c10-7-4-13-8-2-6(12)1-5(3-11)9(7)8/h1-2,4H,3H2. The van der Waals surface area contributed by atoms with E-state index in [-0.39, 0.29) is 0 Å². The van der Waals surface area contributed by atoms with Crippen molar-refractivity contribution in [2.45, 2.75) is 5.88 Å². The lowest BCUT2D eigenvalue weighted by Crippen LogP contribution is -1.79.